The highest BCUT2D eigenvalue weighted by molar-refractivity contribution is 5.94. The second kappa shape index (κ2) is 7.50. The molecule has 0 bridgehead atoms. The third-order valence-electron chi connectivity index (χ3n) is 2.58. The predicted molar refractivity (Wildman–Crippen MR) is 69.6 cm³/mol. The summed E-state index contributed by atoms with van der Waals surface area (Å²) in [5, 5.41) is 11.8. The molecule has 1 aromatic rings. The molecule has 0 fully saturated rings. The minimum absolute atomic E-state index is 0.184. The molecule has 1 amide bonds. The topological polar surface area (TPSA) is 102 Å². The van der Waals surface area contributed by atoms with Gasteiger partial charge in [0.2, 0.25) is 0 Å². The van der Waals surface area contributed by atoms with Crippen molar-refractivity contribution in [3.8, 4) is 0 Å². The van der Waals surface area contributed by atoms with Crippen LogP contribution in [0, 0.1) is 0 Å². The van der Waals surface area contributed by atoms with E-state index >= 15 is 0 Å². The van der Waals surface area contributed by atoms with Gasteiger partial charge in [-0.3, -0.25) is 4.79 Å². The highest BCUT2D eigenvalue weighted by atomic mass is 16.5. The average Bonchev–Trinajstić information content (AvgIpc) is 2.44. The fourth-order valence-electron chi connectivity index (χ4n) is 1.50. The van der Waals surface area contributed by atoms with Crippen molar-refractivity contribution in [2.75, 3.05) is 20.2 Å². The third-order valence-corrected chi connectivity index (χ3v) is 2.58. The van der Waals surface area contributed by atoms with E-state index in [1.807, 2.05) is 12.1 Å². The first-order valence-electron chi connectivity index (χ1n) is 5.91. The number of methoxy groups -OCH3 is 1. The van der Waals surface area contributed by atoms with E-state index in [1.165, 1.54) is 7.11 Å². The van der Waals surface area contributed by atoms with Crippen LogP contribution in [0.3, 0.4) is 0 Å². The smallest absolute Gasteiger partial charge is 0.336 e. The molecule has 104 valence electrons. The Kier molecular flexibility index (Phi) is 5.98. The summed E-state index contributed by atoms with van der Waals surface area (Å²) in [7, 11) is 1.17. The number of esters is 1. The number of ether oxygens (including phenoxy) is 1. The molecule has 1 rings (SSSR count). The van der Waals surface area contributed by atoms with Crippen LogP contribution in [-0.2, 0) is 16.0 Å². The number of rotatable bonds is 6. The first-order chi connectivity index (χ1) is 9.08. The molecular formula is C13H18N2O4. The molecule has 0 aliphatic rings. The van der Waals surface area contributed by atoms with Crippen molar-refractivity contribution in [3.63, 3.8) is 0 Å². The Balaban J connectivity index is 2.51. The molecule has 1 aromatic carbocycles. The quantitative estimate of drug-likeness (QED) is 0.600. The molecule has 0 saturated heterocycles. The van der Waals surface area contributed by atoms with E-state index in [0.29, 0.717) is 12.1 Å². The summed E-state index contributed by atoms with van der Waals surface area (Å²) in [4.78, 5) is 22.7. The van der Waals surface area contributed by atoms with Crippen LogP contribution < -0.4 is 11.1 Å². The number of hydrogen-bond donors (Lipinski definition) is 3. The van der Waals surface area contributed by atoms with Crippen molar-refractivity contribution in [2.45, 2.75) is 12.5 Å². The van der Waals surface area contributed by atoms with Crippen molar-refractivity contribution in [1.29, 1.82) is 0 Å². The number of carbonyl (C=O) groups is 2. The van der Waals surface area contributed by atoms with Gasteiger partial charge in [-0.1, -0.05) is 12.1 Å². The number of nitrogens with two attached hydrogens (primary N) is 1. The van der Waals surface area contributed by atoms with Gasteiger partial charge in [0.05, 0.1) is 13.7 Å². The molecule has 0 aliphatic heterocycles. The zero-order valence-corrected chi connectivity index (χ0v) is 10.8. The molecule has 0 aliphatic carbocycles. The summed E-state index contributed by atoms with van der Waals surface area (Å²) in [6, 6.07) is 6.98. The Bertz CT molecular complexity index is 431. The van der Waals surface area contributed by atoms with Gasteiger partial charge in [0.15, 0.2) is 6.10 Å². The fraction of sp³-hybridized carbons (Fsp3) is 0.385. The summed E-state index contributed by atoms with van der Waals surface area (Å²) in [5.74, 6) is -1.14. The van der Waals surface area contributed by atoms with E-state index in [2.05, 4.69) is 10.1 Å². The van der Waals surface area contributed by atoms with Gasteiger partial charge in [-0.05, 0) is 30.7 Å². The Morgan fingerprint density at radius 3 is 2.53 bits per heavy atom. The maximum Gasteiger partial charge on any atom is 0.336 e. The van der Waals surface area contributed by atoms with Crippen molar-refractivity contribution in [3.05, 3.63) is 35.4 Å². The lowest BCUT2D eigenvalue weighted by molar-refractivity contribution is -0.149. The van der Waals surface area contributed by atoms with E-state index in [1.54, 1.807) is 12.1 Å². The molecule has 0 heterocycles. The van der Waals surface area contributed by atoms with Crippen LogP contribution in [0.4, 0.5) is 0 Å². The zero-order chi connectivity index (χ0) is 14.3. The van der Waals surface area contributed by atoms with Crippen LogP contribution in [0.1, 0.15) is 15.9 Å². The molecule has 4 N–H and O–H groups in total. The van der Waals surface area contributed by atoms with Crippen molar-refractivity contribution in [1.82, 2.24) is 5.32 Å². The number of carbonyl (C=O) groups excluding carboxylic acids is 2. The first kappa shape index (κ1) is 15.1. The number of nitrogens with one attached hydrogen (secondary N) is 1. The maximum absolute atomic E-state index is 11.7. The van der Waals surface area contributed by atoms with Crippen molar-refractivity contribution in [2.24, 2.45) is 5.73 Å². The van der Waals surface area contributed by atoms with Crippen LogP contribution in [0.25, 0.3) is 0 Å². The second-order valence-electron chi connectivity index (χ2n) is 3.98. The minimum atomic E-state index is -1.36. The maximum atomic E-state index is 11.7. The molecule has 6 nitrogen and oxygen atoms in total. The van der Waals surface area contributed by atoms with Crippen LogP contribution in [0.15, 0.2) is 24.3 Å². The molecule has 1 atom stereocenters. The lowest BCUT2D eigenvalue weighted by Crippen LogP contribution is -2.37. The van der Waals surface area contributed by atoms with E-state index < -0.39 is 12.1 Å². The molecule has 6 heteroatoms. The van der Waals surface area contributed by atoms with Crippen molar-refractivity contribution >= 4 is 11.9 Å². The van der Waals surface area contributed by atoms with Gasteiger partial charge in [0, 0.05) is 5.56 Å². The summed E-state index contributed by atoms with van der Waals surface area (Å²) < 4.78 is 4.34. The molecule has 0 saturated carbocycles. The number of aliphatic hydroxyl groups is 1. The Labute approximate surface area is 111 Å². The molecular weight excluding hydrogens is 248 g/mol. The fourth-order valence-corrected chi connectivity index (χ4v) is 1.50. The van der Waals surface area contributed by atoms with Crippen LogP contribution in [-0.4, -0.2) is 43.3 Å². The molecule has 0 aromatic heterocycles. The normalized spacial score (nSPS) is 11.7. The highest BCUT2D eigenvalue weighted by Gasteiger charge is 2.16. The van der Waals surface area contributed by atoms with Gasteiger partial charge < -0.3 is 20.9 Å². The number of amides is 1. The summed E-state index contributed by atoms with van der Waals surface area (Å²) >= 11 is 0. The summed E-state index contributed by atoms with van der Waals surface area (Å²) in [5.41, 5.74) is 6.94. The molecule has 0 radical (unpaired) electrons. The van der Waals surface area contributed by atoms with Crippen LogP contribution >= 0.6 is 0 Å². The molecule has 1 unspecified atom stereocenters. The van der Waals surface area contributed by atoms with Gasteiger partial charge in [-0.2, -0.15) is 0 Å². The SMILES string of the molecule is COC(=O)C(O)CNC(=O)c1ccc(CCN)cc1. The van der Waals surface area contributed by atoms with E-state index in [4.69, 9.17) is 5.73 Å². The van der Waals surface area contributed by atoms with Gasteiger partial charge >= 0.3 is 5.97 Å². The lowest BCUT2D eigenvalue weighted by atomic mass is 10.1. The highest BCUT2D eigenvalue weighted by Crippen LogP contribution is 2.04. The van der Waals surface area contributed by atoms with E-state index in [-0.39, 0.29) is 12.5 Å². The average molecular weight is 266 g/mol. The Morgan fingerprint density at radius 1 is 1.37 bits per heavy atom. The van der Waals surface area contributed by atoms with Crippen LogP contribution in [0.2, 0.25) is 0 Å². The van der Waals surface area contributed by atoms with E-state index in [9.17, 15) is 14.7 Å². The van der Waals surface area contributed by atoms with E-state index in [0.717, 1.165) is 12.0 Å². The number of hydrogen-bond acceptors (Lipinski definition) is 5. The largest absolute Gasteiger partial charge is 0.467 e. The second-order valence-corrected chi connectivity index (χ2v) is 3.98. The molecule has 19 heavy (non-hydrogen) atoms. The van der Waals surface area contributed by atoms with Crippen molar-refractivity contribution < 1.29 is 19.4 Å². The third kappa shape index (κ3) is 4.69. The number of aliphatic hydroxyl groups excluding tert-OH is 1. The standard InChI is InChI=1S/C13H18N2O4/c1-19-13(18)11(16)8-15-12(17)10-4-2-9(3-5-10)6-7-14/h2-5,11,16H,6-8,14H2,1H3,(H,15,17). The predicted octanol–water partition coefficient (Wildman–Crippen LogP) is -0.548. The van der Waals surface area contributed by atoms with Gasteiger partial charge in [-0.15, -0.1) is 0 Å². The van der Waals surface area contributed by atoms with Crippen LogP contribution in [0.5, 0.6) is 0 Å². The Morgan fingerprint density at radius 2 is 2.00 bits per heavy atom. The summed E-state index contributed by atoms with van der Waals surface area (Å²) in [6.45, 7) is 0.368. The number of benzene rings is 1. The van der Waals surface area contributed by atoms with Gasteiger partial charge in [0.1, 0.15) is 0 Å². The Hall–Kier alpha value is -1.92. The molecule has 0 spiro atoms. The lowest BCUT2D eigenvalue weighted by Gasteiger charge is -2.10. The monoisotopic (exact) mass is 266 g/mol. The van der Waals surface area contributed by atoms with Gasteiger partial charge in [0.25, 0.3) is 5.91 Å². The van der Waals surface area contributed by atoms with Gasteiger partial charge in [-0.25, -0.2) is 4.79 Å². The first-order valence-corrected chi connectivity index (χ1v) is 5.91. The minimum Gasteiger partial charge on any atom is -0.467 e. The summed E-state index contributed by atoms with van der Waals surface area (Å²) in [6.07, 6.45) is -0.603. The zero-order valence-electron chi connectivity index (χ0n) is 10.8.